The summed E-state index contributed by atoms with van der Waals surface area (Å²) in [6, 6.07) is 7.82. The normalized spacial score (nSPS) is 11.0. The first-order chi connectivity index (χ1) is 12.9. The molecule has 2 N–H and O–H groups in total. The molecule has 2 heterocycles. The summed E-state index contributed by atoms with van der Waals surface area (Å²) in [5.41, 5.74) is 4.80. The Bertz CT molecular complexity index is 1080. The van der Waals surface area contributed by atoms with Crippen molar-refractivity contribution in [3.05, 3.63) is 57.0 Å². The van der Waals surface area contributed by atoms with Crippen LogP contribution in [0.5, 0.6) is 0 Å². The van der Waals surface area contributed by atoms with E-state index in [1.165, 1.54) is 11.8 Å². The van der Waals surface area contributed by atoms with Crippen LogP contribution in [0.15, 0.2) is 34.2 Å². The number of hydrogen-bond acceptors (Lipinski definition) is 5. The summed E-state index contributed by atoms with van der Waals surface area (Å²) in [4.78, 5) is 36.2. The topological polar surface area (TPSA) is 87.7 Å². The van der Waals surface area contributed by atoms with Gasteiger partial charge in [0.05, 0.1) is 11.1 Å². The highest BCUT2D eigenvalue weighted by Gasteiger charge is 2.12. The van der Waals surface area contributed by atoms with Gasteiger partial charge in [0, 0.05) is 11.4 Å². The van der Waals surface area contributed by atoms with Crippen LogP contribution in [0.3, 0.4) is 0 Å². The molecule has 0 bridgehead atoms. The molecule has 7 heteroatoms. The first-order valence-corrected chi connectivity index (χ1v) is 9.77. The predicted octanol–water partition coefficient (Wildman–Crippen LogP) is 3.54. The fraction of sp³-hybridized carbons (Fsp3) is 0.300. The summed E-state index contributed by atoms with van der Waals surface area (Å²) in [5, 5.41) is 3.85. The van der Waals surface area contributed by atoms with Crippen LogP contribution in [-0.2, 0) is 11.2 Å². The number of nitrogens with one attached hydrogen (secondary N) is 2. The molecule has 0 aliphatic rings. The molecular formula is C20H22N4O2S. The summed E-state index contributed by atoms with van der Waals surface area (Å²) in [6.45, 7) is 7.76. The Morgan fingerprint density at radius 2 is 1.96 bits per heavy atom. The molecule has 0 unspecified atom stereocenters. The lowest BCUT2D eigenvalue weighted by atomic mass is 10.1. The summed E-state index contributed by atoms with van der Waals surface area (Å²) < 4.78 is 0. The number of H-pyrrole nitrogens is 1. The Morgan fingerprint density at radius 1 is 1.19 bits per heavy atom. The molecule has 6 nitrogen and oxygen atoms in total. The van der Waals surface area contributed by atoms with Gasteiger partial charge in [-0.25, -0.2) is 9.97 Å². The molecule has 1 aromatic carbocycles. The zero-order valence-electron chi connectivity index (χ0n) is 15.8. The molecule has 140 valence electrons. The van der Waals surface area contributed by atoms with Gasteiger partial charge >= 0.3 is 0 Å². The highest BCUT2D eigenvalue weighted by atomic mass is 32.2. The largest absolute Gasteiger partial charge is 0.325 e. The maximum Gasteiger partial charge on any atom is 0.261 e. The molecule has 27 heavy (non-hydrogen) atoms. The van der Waals surface area contributed by atoms with Crippen LogP contribution in [0, 0.1) is 20.8 Å². The number of carbonyl (C=O) groups is 1. The minimum atomic E-state index is -0.236. The van der Waals surface area contributed by atoms with Gasteiger partial charge in [-0.2, -0.15) is 0 Å². The molecule has 0 saturated carbocycles. The molecule has 0 atom stereocenters. The fourth-order valence-electron chi connectivity index (χ4n) is 3.04. The summed E-state index contributed by atoms with van der Waals surface area (Å²) in [5.74, 6) is 0.0108. The number of thioether (sulfide) groups is 1. The van der Waals surface area contributed by atoms with Crippen LogP contribution in [0.2, 0.25) is 0 Å². The van der Waals surface area contributed by atoms with Crippen molar-refractivity contribution in [3.8, 4) is 0 Å². The number of anilines is 1. The second-order valence-corrected chi connectivity index (χ2v) is 7.41. The van der Waals surface area contributed by atoms with E-state index < -0.39 is 0 Å². The monoisotopic (exact) mass is 382 g/mol. The maximum absolute atomic E-state index is 12.4. The zero-order chi connectivity index (χ0) is 19.6. The van der Waals surface area contributed by atoms with E-state index in [1.54, 1.807) is 0 Å². The van der Waals surface area contributed by atoms with Crippen molar-refractivity contribution in [3.63, 3.8) is 0 Å². The van der Waals surface area contributed by atoms with E-state index >= 15 is 0 Å². The number of benzene rings is 1. The van der Waals surface area contributed by atoms with Crippen molar-refractivity contribution >= 4 is 34.4 Å². The second-order valence-electron chi connectivity index (χ2n) is 6.45. The molecule has 1 amide bonds. The summed E-state index contributed by atoms with van der Waals surface area (Å²) in [7, 11) is 0. The van der Waals surface area contributed by atoms with E-state index in [-0.39, 0.29) is 17.2 Å². The minimum absolute atomic E-state index is 0.139. The molecule has 0 spiro atoms. The van der Waals surface area contributed by atoms with Gasteiger partial charge in [0.1, 0.15) is 0 Å². The summed E-state index contributed by atoms with van der Waals surface area (Å²) in [6.07, 6.45) is 0.842. The van der Waals surface area contributed by atoms with Gasteiger partial charge in [-0.15, -0.1) is 0 Å². The number of hydrogen-bond donors (Lipinski definition) is 2. The van der Waals surface area contributed by atoms with Crippen LogP contribution in [0.25, 0.3) is 11.0 Å². The number of carbonyl (C=O) groups excluding carboxylic acids is 1. The third kappa shape index (κ3) is 4.19. The van der Waals surface area contributed by atoms with E-state index in [0.29, 0.717) is 16.2 Å². The van der Waals surface area contributed by atoms with Crippen LogP contribution >= 0.6 is 11.8 Å². The SMILES string of the molecule is CCc1cccc(C)c1NC(=O)CSc1nc2nc(C)cc(C)c2c(=O)[nH]1. The molecule has 2 aromatic heterocycles. The van der Waals surface area contributed by atoms with Gasteiger partial charge in [-0.3, -0.25) is 9.59 Å². The van der Waals surface area contributed by atoms with Gasteiger partial charge in [0.2, 0.25) is 5.91 Å². The average molecular weight is 382 g/mol. The molecule has 3 aromatic rings. The van der Waals surface area contributed by atoms with Crippen molar-refractivity contribution < 1.29 is 4.79 Å². The first-order valence-electron chi connectivity index (χ1n) is 8.78. The minimum Gasteiger partial charge on any atom is -0.325 e. The Kier molecular flexibility index (Phi) is 5.60. The van der Waals surface area contributed by atoms with Gasteiger partial charge in [-0.1, -0.05) is 36.9 Å². The van der Waals surface area contributed by atoms with Gasteiger partial charge < -0.3 is 10.3 Å². The first kappa shape index (κ1) is 19.1. The average Bonchev–Trinajstić information content (AvgIpc) is 2.60. The number of nitrogens with zero attached hydrogens (tertiary/aromatic N) is 2. The quantitative estimate of drug-likeness (QED) is 0.521. The Balaban J connectivity index is 1.77. The van der Waals surface area contributed by atoms with Crippen molar-refractivity contribution in [1.82, 2.24) is 15.0 Å². The predicted molar refractivity (Wildman–Crippen MR) is 110 cm³/mol. The fourth-order valence-corrected chi connectivity index (χ4v) is 3.70. The van der Waals surface area contributed by atoms with E-state index in [0.717, 1.165) is 34.5 Å². The molecule has 0 radical (unpaired) electrons. The van der Waals surface area contributed by atoms with Gasteiger partial charge in [0.25, 0.3) is 5.56 Å². The van der Waals surface area contributed by atoms with E-state index in [4.69, 9.17) is 0 Å². The number of pyridine rings is 1. The number of fused-ring (bicyclic) bond motifs is 1. The number of para-hydroxylation sites is 1. The standard InChI is InChI=1S/C20H22N4O2S/c1-5-14-8-6-7-11(2)17(14)22-15(25)10-27-20-23-18-16(19(26)24-20)12(3)9-13(4)21-18/h6-9H,5,10H2,1-4H3,(H,22,25)(H,21,23,24,26). The highest BCUT2D eigenvalue weighted by Crippen LogP contribution is 2.22. The molecule has 0 fully saturated rings. The third-order valence-electron chi connectivity index (χ3n) is 4.32. The van der Waals surface area contributed by atoms with Crippen molar-refractivity contribution in [2.24, 2.45) is 0 Å². The molecule has 3 rings (SSSR count). The molecule has 0 saturated heterocycles. The van der Waals surface area contributed by atoms with E-state index in [9.17, 15) is 9.59 Å². The number of amides is 1. The Hall–Kier alpha value is -2.67. The third-order valence-corrected chi connectivity index (χ3v) is 5.20. The van der Waals surface area contributed by atoms with Crippen LogP contribution in [0.1, 0.15) is 29.3 Å². The van der Waals surface area contributed by atoms with E-state index in [2.05, 4.69) is 27.2 Å². The summed E-state index contributed by atoms with van der Waals surface area (Å²) >= 11 is 1.19. The highest BCUT2D eigenvalue weighted by molar-refractivity contribution is 7.99. The number of aromatic amines is 1. The van der Waals surface area contributed by atoms with Crippen LogP contribution in [0.4, 0.5) is 5.69 Å². The van der Waals surface area contributed by atoms with Crippen LogP contribution in [-0.4, -0.2) is 26.6 Å². The lowest BCUT2D eigenvalue weighted by molar-refractivity contribution is -0.113. The van der Waals surface area contributed by atoms with Crippen molar-refractivity contribution in [1.29, 1.82) is 0 Å². The molecule has 0 aliphatic carbocycles. The molecule has 0 aliphatic heterocycles. The maximum atomic E-state index is 12.4. The van der Waals surface area contributed by atoms with Crippen LogP contribution < -0.4 is 10.9 Å². The van der Waals surface area contributed by atoms with Crippen molar-refractivity contribution in [2.45, 2.75) is 39.3 Å². The number of rotatable bonds is 5. The van der Waals surface area contributed by atoms with Gasteiger partial charge in [-0.05, 0) is 49.9 Å². The van der Waals surface area contributed by atoms with E-state index in [1.807, 2.05) is 45.0 Å². The lowest BCUT2D eigenvalue weighted by Crippen LogP contribution is -2.17. The number of aromatic nitrogens is 3. The second kappa shape index (κ2) is 7.92. The Morgan fingerprint density at radius 3 is 2.70 bits per heavy atom. The van der Waals surface area contributed by atoms with Gasteiger partial charge in [0.15, 0.2) is 10.8 Å². The smallest absolute Gasteiger partial charge is 0.261 e. The lowest BCUT2D eigenvalue weighted by Gasteiger charge is -2.12. The van der Waals surface area contributed by atoms with Crippen molar-refractivity contribution in [2.75, 3.05) is 11.1 Å². The Labute approximate surface area is 161 Å². The zero-order valence-corrected chi connectivity index (χ0v) is 16.7. The molecular weight excluding hydrogens is 360 g/mol. The number of aryl methyl sites for hydroxylation is 4.